The Hall–Kier alpha value is -3.42. The number of pyridine rings is 1. The first-order chi connectivity index (χ1) is 12.3. The molecule has 0 saturated carbocycles. The standard InChI is InChI=1S/C17H16N6O2/c1-24-12-5-6-13(16(8-12)25-2)15-9-14(11-4-3-7-18-10-11)19-17-20-21-22-23(15)17/h3-10,15H,1-2H3,(H,19,20,22)/t15-/m0/s1. The SMILES string of the molecule is COc1ccc([C@@H]2C=C(c3cccnc3)Nc3nnnn32)c(OC)c1. The van der Waals surface area contributed by atoms with Crippen molar-refractivity contribution in [1.82, 2.24) is 25.2 Å². The van der Waals surface area contributed by atoms with E-state index in [1.165, 1.54) is 0 Å². The molecule has 0 spiro atoms. The molecular weight excluding hydrogens is 320 g/mol. The van der Waals surface area contributed by atoms with E-state index in [0.717, 1.165) is 22.6 Å². The molecule has 0 unspecified atom stereocenters. The van der Waals surface area contributed by atoms with Crippen LogP contribution in [0, 0.1) is 0 Å². The highest BCUT2D eigenvalue weighted by atomic mass is 16.5. The zero-order chi connectivity index (χ0) is 17.2. The van der Waals surface area contributed by atoms with Gasteiger partial charge < -0.3 is 14.8 Å². The number of aromatic nitrogens is 5. The van der Waals surface area contributed by atoms with Crippen LogP contribution in [0.3, 0.4) is 0 Å². The largest absolute Gasteiger partial charge is 0.497 e. The summed E-state index contributed by atoms with van der Waals surface area (Å²) < 4.78 is 12.5. The molecule has 25 heavy (non-hydrogen) atoms. The molecule has 3 aromatic rings. The Morgan fingerprint density at radius 2 is 2.08 bits per heavy atom. The summed E-state index contributed by atoms with van der Waals surface area (Å²) in [6.07, 6.45) is 5.58. The maximum atomic E-state index is 5.55. The Bertz CT molecular complexity index is 922. The van der Waals surface area contributed by atoms with Crippen molar-refractivity contribution in [1.29, 1.82) is 0 Å². The highest BCUT2D eigenvalue weighted by Gasteiger charge is 2.26. The second-order valence-corrected chi connectivity index (χ2v) is 5.45. The lowest BCUT2D eigenvalue weighted by Gasteiger charge is -2.24. The lowest BCUT2D eigenvalue weighted by Crippen LogP contribution is -2.20. The molecule has 4 rings (SSSR count). The van der Waals surface area contributed by atoms with Crippen molar-refractivity contribution in [2.75, 3.05) is 19.5 Å². The molecule has 1 atom stereocenters. The number of benzene rings is 1. The molecule has 2 aromatic heterocycles. The summed E-state index contributed by atoms with van der Waals surface area (Å²) >= 11 is 0. The highest BCUT2D eigenvalue weighted by Crippen LogP contribution is 2.37. The summed E-state index contributed by atoms with van der Waals surface area (Å²) in [5, 5.41) is 15.2. The van der Waals surface area contributed by atoms with Gasteiger partial charge in [-0.2, -0.15) is 4.68 Å². The molecule has 0 saturated heterocycles. The van der Waals surface area contributed by atoms with Gasteiger partial charge in [-0.15, -0.1) is 0 Å². The van der Waals surface area contributed by atoms with Gasteiger partial charge in [-0.3, -0.25) is 4.98 Å². The van der Waals surface area contributed by atoms with Crippen LogP contribution in [0.25, 0.3) is 5.70 Å². The number of hydrogen-bond acceptors (Lipinski definition) is 7. The van der Waals surface area contributed by atoms with Crippen LogP contribution in [0.2, 0.25) is 0 Å². The van der Waals surface area contributed by atoms with Crippen LogP contribution in [-0.2, 0) is 0 Å². The number of ether oxygens (including phenoxy) is 2. The fourth-order valence-corrected chi connectivity index (χ4v) is 2.83. The Labute approximate surface area is 144 Å². The second kappa shape index (κ2) is 6.23. The van der Waals surface area contributed by atoms with Crippen LogP contribution in [0.4, 0.5) is 5.95 Å². The van der Waals surface area contributed by atoms with Crippen molar-refractivity contribution >= 4 is 11.6 Å². The van der Waals surface area contributed by atoms with E-state index < -0.39 is 0 Å². The van der Waals surface area contributed by atoms with Crippen LogP contribution < -0.4 is 14.8 Å². The monoisotopic (exact) mass is 336 g/mol. The van der Waals surface area contributed by atoms with Gasteiger partial charge in [-0.25, -0.2) is 0 Å². The van der Waals surface area contributed by atoms with E-state index in [4.69, 9.17) is 9.47 Å². The van der Waals surface area contributed by atoms with Crippen molar-refractivity contribution in [3.05, 3.63) is 59.9 Å². The number of tetrazole rings is 1. The molecule has 1 aliphatic heterocycles. The number of nitrogens with one attached hydrogen (secondary N) is 1. The van der Waals surface area contributed by atoms with Crippen LogP contribution in [0.15, 0.2) is 48.8 Å². The van der Waals surface area contributed by atoms with E-state index in [2.05, 4.69) is 25.8 Å². The van der Waals surface area contributed by atoms with Gasteiger partial charge in [0.1, 0.15) is 17.5 Å². The van der Waals surface area contributed by atoms with E-state index in [9.17, 15) is 0 Å². The molecule has 0 fully saturated rings. The normalized spacial score (nSPS) is 15.8. The number of methoxy groups -OCH3 is 2. The van der Waals surface area contributed by atoms with Crippen LogP contribution in [0.1, 0.15) is 17.2 Å². The first-order valence-corrected chi connectivity index (χ1v) is 7.69. The maximum Gasteiger partial charge on any atom is 0.248 e. The average Bonchev–Trinajstić information content (AvgIpc) is 3.16. The average molecular weight is 336 g/mol. The number of anilines is 1. The maximum absolute atomic E-state index is 5.55. The lowest BCUT2D eigenvalue weighted by atomic mass is 10.0. The van der Waals surface area contributed by atoms with E-state index in [1.807, 2.05) is 36.4 Å². The van der Waals surface area contributed by atoms with Crippen LogP contribution >= 0.6 is 0 Å². The van der Waals surface area contributed by atoms with Crippen molar-refractivity contribution < 1.29 is 9.47 Å². The molecule has 126 valence electrons. The molecule has 3 heterocycles. The fourth-order valence-electron chi connectivity index (χ4n) is 2.83. The molecule has 0 radical (unpaired) electrons. The summed E-state index contributed by atoms with van der Waals surface area (Å²) in [6, 6.07) is 9.34. The Morgan fingerprint density at radius 1 is 1.16 bits per heavy atom. The van der Waals surface area contributed by atoms with E-state index in [1.54, 1.807) is 31.3 Å². The first kappa shape index (κ1) is 15.1. The van der Waals surface area contributed by atoms with Crippen molar-refractivity contribution in [3.63, 3.8) is 0 Å². The van der Waals surface area contributed by atoms with Gasteiger partial charge in [0, 0.05) is 35.3 Å². The Kier molecular flexibility index (Phi) is 3.77. The summed E-state index contributed by atoms with van der Waals surface area (Å²) in [7, 11) is 3.25. The second-order valence-electron chi connectivity index (χ2n) is 5.45. The minimum atomic E-state index is -0.220. The molecule has 0 bridgehead atoms. The quantitative estimate of drug-likeness (QED) is 0.781. The van der Waals surface area contributed by atoms with Gasteiger partial charge in [-0.1, -0.05) is 5.10 Å². The smallest absolute Gasteiger partial charge is 0.248 e. The Balaban J connectivity index is 1.84. The molecule has 1 aromatic carbocycles. The number of rotatable bonds is 4. The number of hydrogen-bond donors (Lipinski definition) is 1. The summed E-state index contributed by atoms with van der Waals surface area (Å²) in [5.41, 5.74) is 2.77. The predicted molar refractivity (Wildman–Crippen MR) is 91.3 cm³/mol. The third kappa shape index (κ3) is 2.67. The Morgan fingerprint density at radius 3 is 2.84 bits per heavy atom. The minimum absolute atomic E-state index is 0.220. The van der Waals surface area contributed by atoms with E-state index in [-0.39, 0.29) is 6.04 Å². The molecule has 1 aliphatic rings. The van der Waals surface area contributed by atoms with Gasteiger partial charge in [-0.05, 0) is 40.8 Å². The van der Waals surface area contributed by atoms with Gasteiger partial charge >= 0.3 is 0 Å². The van der Waals surface area contributed by atoms with E-state index in [0.29, 0.717) is 11.7 Å². The zero-order valence-corrected chi connectivity index (χ0v) is 13.7. The topological polar surface area (TPSA) is 87.0 Å². The third-order valence-corrected chi connectivity index (χ3v) is 4.06. The van der Waals surface area contributed by atoms with Crippen LogP contribution in [-0.4, -0.2) is 39.4 Å². The van der Waals surface area contributed by atoms with Crippen molar-refractivity contribution in [3.8, 4) is 11.5 Å². The number of fused-ring (bicyclic) bond motifs is 1. The lowest BCUT2D eigenvalue weighted by molar-refractivity contribution is 0.387. The highest BCUT2D eigenvalue weighted by molar-refractivity contribution is 5.76. The molecular formula is C17H16N6O2. The fraction of sp³-hybridized carbons (Fsp3) is 0.176. The van der Waals surface area contributed by atoms with Gasteiger partial charge in [0.05, 0.1) is 14.2 Å². The van der Waals surface area contributed by atoms with Gasteiger partial charge in [0.25, 0.3) is 0 Å². The molecule has 1 N–H and O–H groups in total. The van der Waals surface area contributed by atoms with Crippen molar-refractivity contribution in [2.24, 2.45) is 0 Å². The van der Waals surface area contributed by atoms with Gasteiger partial charge in [0.15, 0.2) is 0 Å². The molecule has 8 heteroatoms. The molecule has 0 amide bonds. The summed E-state index contributed by atoms with van der Waals surface area (Å²) in [4.78, 5) is 4.18. The zero-order valence-electron chi connectivity index (χ0n) is 13.7. The van der Waals surface area contributed by atoms with Crippen LogP contribution in [0.5, 0.6) is 11.5 Å². The minimum Gasteiger partial charge on any atom is -0.497 e. The summed E-state index contributed by atoms with van der Waals surface area (Å²) in [6.45, 7) is 0. The third-order valence-electron chi connectivity index (χ3n) is 4.06. The molecule has 0 aliphatic carbocycles. The molecule has 8 nitrogen and oxygen atoms in total. The predicted octanol–water partition coefficient (Wildman–Crippen LogP) is 2.14. The van der Waals surface area contributed by atoms with E-state index >= 15 is 0 Å². The van der Waals surface area contributed by atoms with Gasteiger partial charge in [0.2, 0.25) is 5.95 Å². The van der Waals surface area contributed by atoms with Crippen molar-refractivity contribution in [2.45, 2.75) is 6.04 Å². The number of nitrogens with zero attached hydrogens (tertiary/aromatic N) is 5. The summed E-state index contributed by atoms with van der Waals surface area (Å²) in [5.74, 6) is 1.99. The number of allylic oxidation sites excluding steroid dienone is 1. The first-order valence-electron chi connectivity index (χ1n) is 7.69.